The second kappa shape index (κ2) is 8.61. The number of nitrogens with zero attached hydrogens (tertiary/aromatic N) is 2. The maximum Gasteiger partial charge on any atom is 0.198 e. The second-order valence-electron chi connectivity index (χ2n) is 7.22. The van der Waals surface area contributed by atoms with E-state index in [0.717, 1.165) is 25.3 Å². The van der Waals surface area contributed by atoms with Gasteiger partial charge in [0.2, 0.25) is 0 Å². The van der Waals surface area contributed by atoms with Crippen molar-refractivity contribution in [1.29, 1.82) is 0 Å². The summed E-state index contributed by atoms with van der Waals surface area (Å²) in [6.45, 7) is 2.78. The van der Waals surface area contributed by atoms with E-state index in [1.165, 1.54) is 18.3 Å². The maximum atomic E-state index is 13.5. The van der Waals surface area contributed by atoms with E-state index in [-0.39, 0.29) is 11.7 Å². The highest BCUT2D eigenvalue weighted by Gasteiger charge is 2.20. The molecule has 0 saturated carbocycles. The van der Waals surface area contributed by atoms with Crippen molar-refractivity contribution in [3.8, 4) is 11.6 Å². The molecule has 1 unspecified atom stereocenters. The Morgan fingerprint density at radius 1 is 1.24 bits per heavy atom. The number of aromatic hydroxyl groups is 1. The van der Waals surface area contributed by atoms with Gasteiger partial charge >= 0.3 is 0 Å². The van der Waals surface area contributed by atoms with Crippen molar-refractivity contribution in [3.63, 3.8) is 0 Å². The lowest BCUT2D eigenvalue weighted by atomic mass is 10.2. The molecule has 3 aromatic rings. The summed E-state index contributed by atoms with van der Waals surface area (Å²) in [4.78, 5) is 9.29. The van der Waals surface area contributed by atoms with Gasteiger partial charge in [-0.25, -0.2) is 8.78 Å². The normalized spacial score (nSPS) is 17.5. The number of aliphatic imine (C=N–C) groups is 1. The van der Waals surface area contributed by atoms with Gasteiger partial charge in [0.1, 0.15) is 17.7 Å². The number of likely N-dealkylation sites (tertiary alicyclic amines) is 1. The first kappa shape index (κ1) is 19.4. The van der Waals surface area contributed by atoms with E-state index in [4.69, 9.17) is 4.74 Å². The number of aromatic nitrogens is 1. The van der Waals surface area contributed by atoms with Gasteiger partial charge in [0.15, 0.2) is 5.88 Å². The first-order valence-electron chi connectivity index (χ1n) is 9.72. The third-order valence-electron chi connectivity index (χ3n) is 5.06. The highest BCUT2D eigenvalue weighted by Crippen LogP contribution is 2.27. The number of ether oxygens (including phenoxy) is 1. The van der Waals surface area contributed by atoms with Crippen LogP contribution in [0.5, 0.6) is 11.6 Å². The smallest absolute Gasteiger partial charge is 0.198 e. The third kappa shape index (κ3) is 4.74. The van der Waals surface area contributed by atoms with Gasteiger partial charge in [-0.15, -0.1) is 0 Å². The molecule has 0 amide bonds. The summed E-state index contributed by atoms with van der Waals surface area (Å²) in [5.74, 6) is 0.319. The zero-order valence-corrected chi connectivity index (χ0v) is 15.9. The van der Waals surface area contributed by atoms with E-state index in [2.05, 4.69) is 14.9 Å². The summed E-state index contributed by atoms with van der Waals surface area (Å²) in [5, 5.41) is 10.6. The van der Waals surface area contributed by atoms with Gasteiger partial charge in [-0.2, -0.15) is 0 Å². The van der Waals surface area contributed by atoms with Gasteiger partial charge in [0, 0.05) is 36.8 Å². The van der Waals surface area contributed by atoms with Crippen molar-refractivity contribution in [2.75, 3.05) is 26.2 Å². The Hall–Kier alpha value is -2.93. The van der Waals surface area contributed by atoms with E-state index in [9.17, 15) is 13.9 Å². The maximum absolute atomic E-state index is 13.5. The molecule has 1 fully saturated rings. The van der Waals surface area contributed by atoms with Crippen LogP contribution in [0.1, 0.15) is 18.4 Å². The first-order chi connectivity index (χ1) is 14.1. The number of alkyl halides is 1. The third-order valence-corrected chi connectivity index (χ3v) is 5.06. The number of hydrogen-bond donors (Lipinski definition) is 2. The monoisotopic (exact) mass is 399 g/mol. The minimum Gasteiger partial charge on any atom is -0.494 e. The van der Waals surface area contributed by atoms with Crippen molar-refractivity contribution in [3.05, 3.63) is 53.8 Å². The van der Waals surface area contributed by atoms with Crippen LogP contribution < -0.4 is 4.74 Å². The molecule has 2 heterocycles. The fourth-order valence-corrected chi connectivity index (χ4v) is 3.54. The molecule has 1 aliphatic rings. The van der Waals surface area contributed by atoms with Crippen LogP contribution >= 0.6 is 0 Å². The highest BCUT2D eigenvalue weighted by molar-refractivity contribution is 6.02. The van der Waals surface area contributed by atoms with E-state index in [0.29, 0.717) is 41.7 Å². The van der Waals surface area contributed by atoms with Crippen LogP contribution in [0.4, 0.5) is 14.5 Å². The van der Waals surface area contributed by atoms with Gasteiger partial charge < -0.3 is 19.7 Å². The summed E-state index contributed by atoms with van der Waals surface area (Å²) < 4.78 is 32.4. The first-order valence-corrected chi connectivity index (χ1v) is 9.72. The lowest BCUT2D eigenvalue weighted by Gasteiger charge is -2.14. The lowest BCUT2D eigenvalue weighted by Crippen LogP contribution is -2.23. The summed E-state index contributed by atoms with van der Waals surface area (Å²) in [6, 6.07) is 11.6. The molecular formula is C22H23F2N3O2. The van der Waals surface area contributed by atoms with Crippen LogP contribution in [-0.2, 0) is 0 Å². The predicted molar refractivity (Wildman–Crippen MR) is 110 cm³/mol. The largest absolute Gasteiger partial charge is 0.494 e. The fraction of sp³-hybridized carbons (Fsp3) is 0.318. The summed E-state index contributed by atoms with van der Waals surface area (Å²) in [5.41, 5.74) is 1.77. The van der Waals surface area contributed by atoms with Crippen molar-refractivity contribution in [2.24, 2.45) is 4.99 Å². The Labute approximate surface area is 167 Å². The number of H-pyrrole nitrogens is 1. The molecule has 29 heavy (non-hydrogen) atoms. The lowest BCUT2D eigenvalue weighted by molar-refractivity contribution is 0.248. The van der Waals surface area contributed by atoms with Crippen LogP contribution in [0.15, 0.2) is 47.5 Å². The van der Waals surface area contributed by atoms with Crippen molar-refractivity contribution >= 4 is 22.8 Å². The Bertz CT molecular complexity index is 1000. The van der Waals surface area contributed by atoms with Gasteiger partial charge in [-0.05, 0) is 55.3 Å². The van der Waals surface area contributed by atoms with E-state index in [1.807, 2.05) is 24.3 Å². The van der Waals surface area contributed by atoms with E-state index in [1.54, 1.807) is 6.07 Å². The number of aromatic amines is 1. The molecule has 0 aliphatic carbocycles. The Balaban J connectivity index is 1.32. The molecule has 1 atom stereocenters. The Morgan fingerprint density at radius 2 is 2.07 bits per heavy atom. The SMILES string of the molecule is Oc1[nH]c2ccc(F)cc2c1C=Nc1ccc(OCCCN2CCC(F)C2)cc1. The number of fused-ring (bicyclic) bond motifs is 1. The summed E-state index contributed by atoms with van der Waals surface area (Å²) >= 11 is 0. The number of rotatable bonds is 7. The Kier molecular flexibility index (Phi) is 5.76. The van der Waals surface area contributed by atoms with Crippen LogP contribution in [0.3, 0.4) is 0 Å². The average molecular weight is 399 g/mol. The molecule has 1 aromatic heterocycles. The van der Waals surface area contributed by atoms with Crippen molar-refractivity contribution in [1.82, 2.24) is 9.88 Å². The molecule has 7 heteroatoms. The minimum atomic E-state index is -0.686. The molecule has 4 rings (SSSR count). The van der Waals surface area contributed by atoms with Gasteiger partial charge in [-0.3, -0.25) is 4.99 Å². The molecule has 0 radical (unpaired) electrons. The summed E-state index contributed by atoms with van der Waals surface area (Å²) in [6.07, 6.45) is 2.31. The molecule has 152 valence electrons. The van der Waals surface area contributed by atoms with Crippen molar-refractivity contribution < 1.29 is 18.6 Å². The summed E-state index contributed by atoms with van der Waals surface area (Å²) in [7, 11) is 0. The molecule has 1 aliphatic heterocycles. The number of nitrogens with one attached hydrogen (secondary N) is 1. The highest BCUT2D eigenvalue weighted by atomic mass is 19.1. The molecule has 5 nitrogen and oxygen atoms in total. The molecule has 1 saturated heterocycles. The van der Waals surface area contributed by atoms with E-state index >= 15 is 0 Å². The average Bonchev–Trinajstić information content (AvgIpc) is 3.26. The number of hydrogen-bond acceptors (Lipinski definition) is 4. The predicted octanol–water partition coefficient (Wildman–Crippen LogP) is 4.58. The van der Waals surface area contributed by atoms with Gasteiger partial charge in [0.05, 0.1) is 17.9 Å². The second-order valence-corrected chi connectivity index (χ2v) is 7.22. The quantitative estimate of drug-likeness (QED) is 0.452. The standard InChI is InChI=1S/C22H23F2N3O2/c23-15-2-7-21-19(12-15)20(22(28)26-21)13-25-17-3-5-18(6-4-17)29-11-1-9-27-10-8-16(24)14-27/h2-7,12-13,16,26,28H,1,8-11,14H2. The van der Waals surface area contributed by atoms with Gasteiger partial charge in [-0.1, -0.05) is 0 Å². The molecule has 0 spiro atoms. The molecule has 2 aromatic carbocycles. The van der Waals surface area contributed by atoms with Crippen molar-refractivity contribution in [2.45, 2.75) is 19.0 Å². The van der Waals surface area contributed by atoms with Crippen LogP contribution in [-0.4, -0.2) is 53.6 Å². The Morgan fingerprint density at radius 3 is 2.83 bits per heavy atom. The number of benzene rings is 2. The molecule has 2 N–H and O–H groups in total. The van der Waals surface area contributed by atoms with E-state index < -0.39 is 6.17 Å². The zero-order valence-electron chi connectivity index (χ0n) is 15.9. The molecular weight excluding hydrogens is 376 g/mol. The van der Waals surface area contributed by atoms with Crippen LogP contribution in [0, 0.1) is 5.82 Å². The topological polar surface area (TPSA) is 60.9 Å². The van der Waals surface area contributed by atoms with Gasteiger partial charge in [0.25, 0.3) is 0 Å². The fourth-order valence-electron chi connectivity index (χ4n) is 3.54. The van der Waals surface area contributed by atoms with Crippen LogP contribution in [0.2, 0.25) is 0 Å². The zero-order chi connectivity index (χ0) is 20.2. The van der Waals surface area contributed by atoms with Crippen LogP contribution in [0.25, 0.3) is 10.9 Å². The minimum absolute atomic E-state index is 0.0496. The molecule has 0 bridgehead atoms. The number of halogens is 2.